The van der Waals surface area contributed by atoms with E-state index in [2.05, 4.69) is 0 Å². The van der Waals surface area contributed by atoms with Gasteiger partial charge in [-0.3, -0.25) is 4.79 Å². The molecular weight excluding hydrogens is 288 g/mol. The lowest BCUT2D eigenvalue weighted by Gasteiger charge is -2.37. The molecule has 2 unspecified atom stereocenters. The van der Waals surface area contributed by atoms with E-state index in [4.69, 9.17) is 18.9 Å². The van der Waals surface area contributed by atoms with Gasteiger partial charge in [-0.2, -0.15) is 0 Å². The van der Waals surface area contributed by atoms with Gasteiger partial charge in [0.2, 0.25) is 0 Å². The highest BCUT2D eigenvalue weighted by molar-refractivity contribution is 6.02. The predicted octanol–water partition coefficient (Wildman–Crippen LogP) is 1.33. The quantitative estimate of drug-likeness (QED) is 0.908. The molecule has 1 N–H and O–H groups in total. The fourth-order valence-corrected chi connectivity index (χ4v) is 3.23. The second kappa shape index (κ2) is 5.53. The van der Waals surface area contributed by atoms with Crippen molar-refractivity contribution in [1.29, 1.82) is 0 Å². The summed E-state index contributed by atoms with van der Waals surface area (Å²) in [7, 11) is 3.06. The Morgan fingerprint density at radius 1 is 1.23 bits per heavy atom. The molecule has 2 aliphatic rings. The molecule has 1 aromatic carbocycles. The van der Waals surface area contributed by atoms with E-state index in [-0.39, 0.29) is 31.5 Å². The second-order valence-electron chi connectivity index (χ2n) is 5.73. The highest BCUT2D eigenvalue weighted by atomic mass is 16.7. The SMILES string of the molecule is COc1ccc(OC)c2c1CC(O)(C1CO[C@@H](C)O1)CC2=O. The summed E-state index contributed by atoms with van der Waals surface area (Å²) >= 11 is 0. The van der Waals surface area contributed by atoms with Crippen molar-refractivity contribution >= 4 is 5.78 Å². The number of rotatable bonds is 3. The van der Waals surface area contributed by atoms with E-state index >= 15 is 0 Å². The molecule has 3 atom stereocenters. The number of Topliss-reactive ketones (excluding diaryl/α,β-unsaturated/α-hetero) is 1. The smallest absolute Gasteiger partial charge is 0.170 e. The average Bonchev–Trinajstić information content (AvgIpc) is 2.93. The van der Waals surface area contributed by atoms with Gasteiger partial charge < -0.3 is 24.1 Å². The largest absolute Gasteiger partial charge is 0.496 e. The molecule has 0 amide bonds. The van der Waals surface area contributed by atoms with Crippen LogP contribution in [0.15, 0.2) is 12.1 Å². The zero-order chi connectivity index (χ0) is 15.9. The lowest BCUT2D eigenvalue weighted by Crippen LogP contribution is -2.50. The predicted molar refractivity (Wildman–Crippen MR) is 77.4 cm³/mol. The van der Waals surface area contributed by atoms with Crippen molar-refractivity contribution in [3.63, 3.8) is 0 Å². The summed E-state index contributed by atoms with van der Waals surface area (Å²) in [6.07, 6.45) is -0.673. The molecule has 3 rings (SSSR count). The molecule has 120 valence electrons. The van der Waals surface area contributed by atoms with E-state index in [1.165, 1.54) is 14.2 Å². The van der Waals surface area contributed by atoms with Crippen molar-refractivity contribution in [2.75, 3.05) is 20.8 Å². The van der Waals surface area contributed by atoms with Crippen LogP contribution in [-0.4, -0.2) is 49.7 Å². The van der Waals surface area contributed by atoms with Crippen LogP contribution in [0.3, 0.4) is 0 Å². The minimum atomic E-state index is -1.30. The molecule has 0 aromatic heterocycles. The summed E-state index contributed by atoms with van der Waals surface area (Å²) in [5.41, 5.74) is -0.156. The van der Waals surface area contributed by atoms with Crippen LogP contribution in [0.1, 0.15) is 29.3 Å². The standard InChI is InChI=1S/C16H20O6/c1-9-21-8-14(22-9)16(18)6-10-12(19-2)4-5-13(20-3)15(10)11(17)7-16/h4-5,9,14,18H,6-8H2,1-3H3/t9-,14?,16?/m1/s1. The van der Waals surface area contributed by atoms with Crippen LogP contribution in [0.2, 0.25) is 0 Å². The Morgan fingerprint density at radius 3 is 2.50 bits per heavy atom. The Morgan fingerprint density at radius 2 is 1.91 bits per heavy atom. The Labute approximate surface area is 128 Å². The lowest BCUT2D eigenvalue weighted by molar-refractivity contribution is -0.112. The van der Waals surface area contributed by atoms with Crippen LogP contribution in [0.5, 0.6) is 11.5 Å². The molecule has 0 spiro atoms. The summed E-state index contributed by atoms with van der Waals surface area (Å²) in [4.78, 5) is 12.6. The summed E-state index contributed by atoms with van der Waals surface area (Å²) in [6, 6.07) is 3.45. The van der Waals surface area contributed by atoms with Gasteiger partial charge in [0.05, 0.1) is 26.4 Å². The minimum Gasteiger partial charge on any atom is -0.496 e. The van der Waals surface area contributed by atoms with Crippen LogP contribution in [0, 0.1) is 0 Å². The fourth-order valence-electron chi connectivity index (χ4n) is 3.23. The van der Waals surface area contributed by atoms with Crippen molar-refractivity contribution in [2.45, 2.75) is 37.8 Å². The van der Waals surface area contributed by atoms with Gasteiger partial charge in [0.1, 0.15) is 23.2 Å². The first kappa shape index (κ1) is 15.3. The topological polar surface area (TPSA) is 74.2 Å². The van der Waals surface area contributed by atoms with Crippen LogP contribution < -0.4 is 9.47 Å². The van der Waals surface area contributed by atoms with Gasteiger partial charge in [-0.1, -0.05) is 0 Å². The number of benzene rings is 1. The zero-order valence-electron chi connectivity index (χ0n) is 12.9. The number of aliphatic hydroxyl groups is 1. The summed E-state index contributed by atoms with van der Waals surface area (Å²) in [5, 5.41) is 11.0. The molecule has 1 aliphatic heterocycles. The minimum absolute atomic E-state index is 0.0235. The third kappa shape index (κ3) is 2.37. The highest BCUT2D eigenvalue weighted by Gasteiger charge is 2.48. The maximum Gasteiger partial charge on any atom is 0.170 e. The molecule has 6 heteroatoms. The van der Waals surface area contributed by atoms with E-state index < -0.39 is 11.7 Å². The monoisotopic (exact) mass is 308 g/mol. The number of ether oxygens (including phenoxy) is 4. The highest BCUT2D eigenvalue weighted by Crippen LogP contribution is 2.42. The third-order valence-electron chi connectivity index (χ3n) is 4.34. The van der Waals surface area contributed by atoms with Gasteiger partial charge in [0, 0.05) is 18.4 Å². The van der Waals surface area contributed by atoms with Crippen LogP contribution in [0.25, 0.3) is 0 Å². The first-order valence-electron chi connectivity index (χ1n) is 7.25. The fraction of sp³-hybridized carbons (Fsp3) is 0.562. The Kier molecular flexibility index (Phi) is 3.84. The van der Waals surface area contributed by atoms with Crippen molar-refractivity contribution in [1.82, 2.24) is 0 Å². The molecule has 0 radical (unpaired) electrons. The molecule has 22 heavy (non-hydrogen) atoms. The number of hydrogen-bond donors (Lipinski definition) is 1. The molecule has 1 saturated heterocycles. The molecule has 1 aromatic rings. The van der Waals surface area contributed by atoms with E-state index in [9.17, 15) is 9.90 Å². The van der Waals surface area contributed by atoms with E-state index in [1.807, 2.05) is 0 Å². The van der Waals surface area contributed by atoms with E-state index in [0.717, 1.165) is 0 Å². The van der Waals surface area contributed by atoms with Crippen molar-refractivity contribution in [3.05, 3.63) is 23.3 Å². The number of methoxy groups -OCH3 is 2. The van der Waals surface area contributed by atoms with Crippen LogP contribution in [0.4, 0.5) is 0 Å². The first-order valence-corrected chi connectivity index (χ1v) is 7.25. The van der Waals surface area contributed by atoms with Crippen LogP contribution >= 0.6 is 0 Å². The van der Waals surface area contributed by atoms with E-state index in [1.54, 1.807) is 19.1 Å². The van der Waals surface area contributed by atoms with Gasteiger partial charge in [0.15, 0.2) is 12.1 Å². The summed E-state index contributed by atoms with van der Waals surface area (Å²) in [5.74, 6) is 0.886. The van der Waals surface area contributed by atoms with Crippen molar-refractivity contribution in [3.8, 4) is 11.5 Å². The molecule has 0 bridgehead atoms. The Bertz CT molecular complexity index is 599. The zero-order valence-corrected chi connectivity index (χ0v) is 12.9. The molecular formula is C16H20O6. The van der Waals surface area contributed by atoms with Gasteiger partial charge in [-0.25, -0.2) is 0 Å². The lowest BCUT2D eigenvalue weighted by atomic mass is 9.76. The summed E-state index contributed by atoms with van der Waals surface area (Å²) < 4.78 is 21.6. The summed E-state index contributed by atoms with van der Waals surface area (Å²) in [6.45, 7) is 2.04. The number of hydrogen-bond acceptors (Lipinski definition) is 6. The number of fused-ring (bicyclic) bond motifs is 1. The van der Waals surface area contributed by atoms with Crippen LogP contribution in [-0.2, 0) is 15.9 Å². The average molecular weight is 308 g/mol. The van der Waals surface area contributed by atoms with Gasteiger partial charge >= 0.3 is 0 Å². The molecule has 1 heterocycles. The maximum atomic E-state index is 12.6. The maximum absolute atomic E-state index is 12.6. The number of carbonyl (C=O) groups excluding carboxylic acids is 1. The number of ketones is 1. The van der Waals surface area contributed by atoms with Crippen molar-refractivity contribution in [2.24, 2.45) is 0 Å². The van der Waals surface area contributed by atoms with Crippen molar-refractivity contribution < 1.29 is 28.8 Å². The van der Waals surface area contributed by atoms with Gasteiger partial charge in [0.25, 0.3) is 0 Å². The van der Waals surface area contributed by atoms with Gasteiger partial charge in [-0.05, 0) is 19.1 Å². The molecule has 1 aliphatic carbocycles. The van der Waals surface area contributed by atoms with Gasteiger partial charge in [-0.15, -0.1) is 0 Å². The second-order valence-corrected chi connectivity index (χ2v) is 5.73. The van der Waals surface area contributed by atoms with E-state index in [0.29, 0.717) is 22.6 Å². The third-order valence-corrected chi connectivity index (χ3v) is 4.34. The Hall–Kier alpha value is -1.63. The molecule has 1 fully saturated rings. The Balaban J connectivity index is 2.03. The molecule has 0 saturated carbocycles. The number of carbonyl (C=O) groups is 1. The normalized spacial score (nSPS) is 31.0. The first-order chi connectivity index (χ1) is 10.5. The molecule has 6 nitrogen and oxygen atoms in total.